The van der Waals surface area contributed by atoms with Gasteiger partial charge in [0.15, 0.2) is 0 Å². The minimum atomic E-state index is 0.929. The number of aryl methyl sites for hydroxylation is 2. The van der Waals surface area contributed by atoms with Crippen molar-refractivity contribution in [3.05, 3.63) is 65.7 Å². The normalized spacial score (nSPS) is 10.1. The van der Waals surface area contributed by atoms with Crippen molar-refractivity contribution in [2.45, 2.75) is 12.8 Å². The first kappa shape index (κ1) is 10.7. The predicted octanol–water partition coefficient (Wildman–Crippen LogP) is 3.28. The van der Waals surface area contributed by atoms with Gasteiger partial charge in [0.05, 0.1) is 7.11 Å². The molecule has 0 heterocycles. The van der Waals surface area contributed by atoms with Gasteiger partial charge in [-0.25, -0.2) is 0 Å². The first-order valence-corrected chi connectivity index (χ1v) is 5.47. The maximum Gasteiger partial charge on any atom is 0.122 e. The van der Waals surface area contributed by atoms with E-state index in [1.165, 1.54) is 5.56 Å². The molecule has 0 N–H and O–H groups in total. The van der Waals surface area contributed by atoms with E-state index in [0.717, 1.165) is 24.2 Å². The van der Waals surface area contributed by atoms with Crippen molar-refractivity contribution in [2.24, 2.45) is 0 Å². The second-order valence-corrected chi connectivity index (χ2v) is 3.70. The van der Waals surface area contributed by atoms with Gasteiger partial charge < -0.3 is 4.74 Å². The molecule has 0 atom stereocenters. The summed E-state index contributed by atoms with van der Waals surface area (Å²) >= 11 is 0. The van der Waals surface area contributed by atoms with Crippen molar-refractivity contribution < 1.29 is 4.74 Å². The lowest BCUT2D eigenvalue weighted by Crippen LogP contribution is -1.95. The average Bonchev–Trinajstić information content (AvgIpc) is 2.38. The molecule has 81 valence electrons. The van der Waals surface area contributed by atoms with Crippen LogP contribution in [-0.4, -0.2) is 7.11 Å². The Balaban J connectivity index is 2.05. The van der Waals surface area contributed by atoms with Crippen molar-refractivity contribution in [3.63, 3.8) is 0 Å². The number of hydrogen-bond donors (Lipinski definition) is 0. The SMILES string of the molecule is COc1ccc[c]c1CCc1ccccc1. The van der Waals surface area contributed by atoms with Crippen LogP contribution in [0.4, 0.5) is 0 Å². The topological polar surface area (TPSA) is 9.23 Å². The van der Waals surface area contributed by atoms with Crippen LogP contribution in [0.5, 0.6) is 5.75 Å². The Bertz CT molecular complexity index is 434. The molecule has 0 saturated carbocycles. The number of benzene rings is 2. The van der Waals surface area contributed by atoms with E-state index in [0.29, 0.717) is 0 Å². The number of hydrogen-bond acceptors (Lipinski definition) is 1. The van der Waals surface area contributed by atoms with Gasteiger partial charge >= 0.3 is 0 Å². The van der Waals surface area contributed by atoms with E-state index in [4.69, 9.17) is 4.74 Å². The average molecular weight is 211 g/mol. The van der Waals surface area contributed by atoms with E-state index < -0.39 is 0 Å². The molecule has 0 amide bonds. The summed E-state index contributed by atoms with van der Waals surface area (Å²) in [6, 6.07) is 19.6. The number of ether oxygens (including phenoxy) is 1. The van der Waals surface area contributed by atoms with Crippen LogP contribution in [0.15, 0.2) is 48.5 Å². The maximum absolute atomic E-state index is 5.30. The lowest BCUT2D eigenvalue weighted by molar-refractivity contribution is 0.409. The lowest BCUT2D eigenvalue weighted by Gasteiger charge is -2.07. The minimum absolute atomic E-state index is 0.929. The van der Waals surface area contributed by atoms with Crippen LogP contribution >= 0.6 is 0 Å². The molecule has 0 unspecified atom stereocenters. The van der Waals surface area contributed by atoms with Crippen LogP contribution in [0.1, 0.15) is 11.1 Å². The van der Waals surface area contributed by atoms with E-state index in [1.807, 2.05) is 24.3 Å². The zero-order valence-corrected chi connectivity index (χ0v) is 9.44. The molecule has 0 saturated heterocycles. The highest BCUT2D eigenvalue weighted by molar-refractivity contribution is 5.33. The zero-order chi connectivity index (χ0) is 11.2. The summed E-state index contributed by atoms with van der Waals surface area (Å²) in [5.74, 6) is 0.929. The third-order valence-electron chi connectivity index (χ3n) is 2.63. The van der Waals surface area contributed by atoms with Gasteiger partial charge in [0.1, 0.15) is 5.75 Å². The minimum Gasteiger partial charge on any atom is -0.496 e. The third kappa shape index (κ3) is 2.63. The van der Waals surface area contributed by atoms with Gasteiger partial charge in [0.25, 0.3) is 0 Å². The molecule has 2 aromatic rings. The first-order valence-electron chi connectivity index (χ1n) is 5.47. The van der Waals surface area contributed by atoms with Crippen LogP contribution < -0.4 is 4.74 Å². The fourth-order valence-corrected chi connectivity index (χ4v) is 1.76. The maximum atomic E-state index is 5.30. The first-order chi connectivity index (χ1) is 7.90. The molecule has 16 heavy (non-hydrogen) atoms. The predicted molar refractivity (Wildman–Crippen MR) is 65.7 cm³/mol. The highest BCUT2D eigenvalue weighted by atomic mass is 16.5. The summed E-state index contributed by atoms with van der Waals surface area (Å²) in [7, 11) is 1.70. The molecule has 1 heteroatoms. The Labute approximate surface area is 96.7 Å². The molecule has 0 spiro atoms. The zero-order valence-electron chi connectivity index (χ0n) is 9.44. The van der Waals surface area contributed by atoms with Crippen LogP contribution in [0.3, 0.4) is 0 Å². The van der Waals surface area contributed by atoms with E-state index in [-0.39, 0.29) is 0 Å². The van der Waals surface area contributed by atoms with Gasteiger partial charge in [-0.2, -0.15) is 0 Å². The van der Waals surface area contributed by atoms with E-state index >= 15 is 0 Å². The molecular formula is C15H15O. The van der Waals surface area contributed by atoms with Gasteiger partial charge in [0, 0.05) is 5.56 Å². The monoisotopic (exact) mass is 211 g/mol. The highest BCUT2D eigenvalue weighted by Crippen LogP contribution is 2.18. The molecular weight excluding hydrogens is 196 g/mol. The van der Waals surface area contributed by atoms with Crippen molar-refractivity contribution in [1.82, 2.24) is 0 Å². The second kappa shape index (κ2) is 5.36. The number of rotatable bonds is 4. The summed E-state index contributed by atoms with van der Waals surface area (Å²) in [6.45, 7) is 0. The van der Waals surface area contributed by atoms with Gasteiger partial charge in [-0.05, 0) is 30.5 Å². The second-order valence-electron chi connectivity index (χ2n) is 3.70. The fourth-order valence-electron chi connectivity index (χ4n) is 1.76. The Hall–Kier alpha value is -1.76. The molecule has 2 rings (SSSR count). The highest BCUT2D eigenvalue weighted by Gasteiger charge is 2.01. The molecule has 0 aliphatic rings. The molecule has 0 aliphatic heterocycles. The Morgan fingerprint density at radius 3 is 2.56 bits per heavy atom. The van der Waals surface area contributed by atoms with Gasteiger partial charge in [0.2, 0.25) is 0 Å². The summed E-state index contributed by atoms with van der Waals surface area (Å²) in [4.78, 5) is 0. The molecule has 0 bridgehead atoms. The Morgan fingerprint density at radius 2 is 1.81 bits per heavy atom. The molecule has 1 nitrogen and oxygen atoms in total. The van der Waals surface area contributed by atoms with Crippen LogP contribution in [0.25, 0.3) is 0 Å². The van der Waals surface area contributed by atoms with Crippen molar-refractivity contribution in [3.8, 4) is 5.75 Å². The smallest absolute Gasteiger partial charge is 0.122 e. The quantitative estimate of drug-likeness (QED) is 0.754. The van der Waals surface area contributed by atoms with Crippen molar-refractivity contribution in [1.29, 1.82) is 0 Å². The third-order valence-corrected chi connectivity index (χ3v) is 2.63. The van der Waals surface area contributed by atoms with E-state index in [1.54, 1.807) is 7.11 Å². The lowest BCUT2D eigenvalue weighted by atomic mass is 10.0. The van der Waals surface area contributed by atoms with E-state index in [9.17, 15) is 0 Å². The fraction of sp³-hybridized carbons (Fsp3) is 0.200. The molecule has 0 aliphatic carbocycles. The van der Waals surface area contributed by atoms with Crippen LogP contribution in [0.2, 0.25) is 0 Å². The standard InChI is InChI=1S/C15H15O/c1-16-15-10-6-5-9-14(15)12-11-13-7-3-2-4-8-13/h2-8,10H,11-12H2,1H3. The summed E-state index contributed by atoms with van der Waals surface area (Å²) in [6.07, 6.45) is 1.99. The molecule has 1 radical (unpaired) electrons. The molecule has 0 fully saturated rings. The Kier molecular flexibility index (Phi) is 3.60. The Morgan fingerprint density at radius 1 is 1.00 bits per heavy atom. The van der Waals surface area contributed by atoms with E-state index in [2.05, 4.69) is 30.3 Å². The van der Waals surface area contributed by atoms with Gasteiger partial charge in [-0.15, -0.1) is 0 Å². The summed E-state index contributed by atoms with van der Waals surface area (Å²) < 4.78 is 5.30. The molecule has 2 aromatic carbocycles. The van der Waals surface area contributed by atoms with Gasteiger partial charge in [-0.3, -0.25) is 0 Å². The van der Waals surface area contributed by atoms with Crippen LogP contribution in [0, 0.1) is 6.07 Å². The number of methoxy groups -OCH3 is 1. The summed E-state index contributed by atoms with van der Waals surface area (Å²) in [5, 5.41) is 0. The molecule has 0 aromatic heterocycles. The van der Waals surface area contributed by atoms with Crippen molar-refractivity contribution in [2.75, 3.05) is 7.11 Å². The van der Waals surface area contributed by atoms with Gasteiger partial charge in [-0.1, -0.05) is 42.5 Å². The largest absolute Gasteiger partial charge is 0.496 e. The van der Waals surface area contributed by atoms with Crippen molar-refractivity contribution >= 4 is 0 Å². The van der Waals surface area contributed by atoms with Crippen LogP contribution in [-0.2, 0) is 12.8 Å². The summed E-state index contributed by atoms with van der Waals surface area (Å²) in [5.41, 5.74) is 2.50.